The van der Waals surface area contributed by atoms with Crippen LogP contribution in [0, 0.1) is 0 Å². The zero-order valence-electron chi connectivity index (χ0n) is 35.0. The number of carboxylic acid groups (broad SMARTS) is 1. The standard InChI is InChI=1S/C48H90O4/c1-2-3-4-5-6-7-8-26-30-33-36-39-42-45-48(51)52-46-43-40-37-34-31-28-25-23-21-19-17-15-13-11-9-10-12-14-16-18-20-22-24-27-29-32-35-38-41-44-47(49)50/h25-26,28,30H,2-24,27,29,31-46H2,1H3,(H,49,50)/b28-25-,30-26-. The zero-order valence-corrected chi connectivity index (χ0v) is 35.0. The van der Waals surface area contributed by atoms with Gasteiger partial charge < -0.3 is 9.84 Å². The summed E-state index contributed by atoms with van der Waals surface area (Å²) in [6.07, 6.45) is 59.6. The highest BCUT2D eigenvalue weighted by atomic mass is 16.5. The van der Waals surface area contributed by atoms with Crippen molar-refractivity contribution in [3.63, 3.8) is 0 Å². The fourth-order valence-corrected chi connectivity index (χ4v) is 7.10. The molecule has 0 heterocycles. The lowest BCUT2D eigenvalue weighted by Gasteiger charge is -2.04. The molecule has 1 N–H and O–H groups in total. The minimum atomic E-state index is -0.655. The SMILES string of the molecule is CCCCCCCC/C=C\CCCCCC(=O)OCCCCCC/C=C\CCCCCCCCCCCCCCCCCCCCCCCC(=O)O. The Morgan fingerprint density at radius 3 is 0.981 bits per heavy atom. The topological polar surface area (TPSA) is 63.6 Å². The second-order valence-corrected chi connectivity index (χ2v) is 15.9. The highest BCUT2D eigenvalue weighted by Crippen LogP contribution is 2.16. The molecule has 0 radical (unpaired) electrons. The van der Waals surface area contributed by atoms with Gasteiger partial charge in [-0.1, -0.05) is 205 Å². The molecule has 0 aliphatic heterocycles. The highest BCUT2D eigenvalue weighted by Gasteiger charge is 2.02. The van der Waals surface area contributed by atoms with Crippen molar-refractivity contribution in [1.29, 1.82) is 0 Å². The van der Waals surface area contributed by atoms with Crippen LogP contribution in [-0.4, -0.2) is 23.7 Å². The lowest BCUT2D eigenvalue weighted by molar-refractivity contribution is -0.144. The van der Waals surface area contributed by atoms with Gasteiger partial charge in [-0.3, -0.25) is 9.59 Å². The van der Waals surface area contributed by atoms with Gasteiger partial charge >= 0.3 is 11.9 Å². The molecule has 306 valence electrons. The molecule has 0 aromatic carbocycles. The monoisotopic (exact) mass is 731 g/mol. The fourth-order valence-electron chi connectivity index (χ4n) is 7.10. The molecule has 0 spiro atoms. The predicted octanol–water partition coefficient (Wildman–Crippen LogP) is 16.4. The summed E-state index contributed by atoms with van der Waals surface area (Å²) in [5.41, 5.74) is 0. The van der Waals surface area contributed by atoms with Crippen LogP contribution in [0.2, 0.25) is 0 Å². The number of carbonyl (C=O) groups excluding carboxylic acids is 1. The Bertz CT molecular complexity index is 772. The molecule has 0 unspecified atom stereocenters. The van der Waals surface area contributed by atoms with E-state index in [1.165, 1.54) is 199 Å². The van der Waals surface area contributed by atoms with Crippen LogP contribution in [0.5, 0.6) is 0 Å². The number of hydrogen-bond donors (Lipinski definition) is 1. The quantitative estimate of drug-likeness (QED) is 0.0385. The molecule has 0 aromatic heterocycles. The summed E-state index contributed by atoms with van der Waals surface area (Å²) in [7, 11) is 0. The van der Waals surface area contributed by atoms with Crippen LogP contribution in [0.25, 0.3) is 0 Å². The second-order valence-electron chi connectivity index (χ2n) is 15.9. The van der Waals surface area contributed by atoms with Crippen molar-refractivity contribution in [2.45, 2.75) is 264 Å². The van der Waals surface area contributed by atoms with Crippen molar-refractivity contribution in [3.8, 4) is 0 Å². The van der Waals surface area contributed by atoms with E-state index >= 15 is 0 Å². The van der Waals surface area contributed by atoms with Crippen LogP contribution in [0.3, 0.4) is 0 Å². The van der Waals surface area contributed by atoms with E-state index in [4.69, 9.17) is 9.84 Å². The van der Waals surface area contributed by atoms with Crippen LogP contribution in [0.4, 0.5) is 0 Å². The summed E-state index contributed by atoms with van der Waals surface area (Å²) >= 11 is 0. The summed E-state index contributed by atoms with van der Waals surface area (Å²) < 4.78 is 5.44. The molecule has 0 atom stereocenters. The van der Waals surface area contributed by atoms with E-state index < -0.39 is 5.97 Å². The molecule has 0 amide bonds. The van der Waals surface area contributed by atoms with Gasteiger partial charge in [-0.2, -0.15) is 0 Å². The van der Waals surface area contributed by atoms with Gasteiger partial charge in [0.1, 0.15) is 0 Å². The van der Waals surface area contributed by atoms with Gasteiger partial charge in [-0.15, -0.1) is 0 Å². The summed E-state index contributed by atoms with van der Waals surface area (Å²) in [5.74, 6) is -0.660. The number of aliphatic carboxylic acids is 1. The number of rotatable bonds is 44. The van der Waals surface area contributed by atoms with Crippen molar-refractivity contribution in [1.82, 2.24) is 0 Å². The Balaban J connectivity index is 3.20. The fraction of sp³-hybridized carbons (Fsp3) is 0.875. The summed E-state index contributed by atoms with van der Waals surface area (Å²) in [6.45, 7) is 2.87. The first-order valence-corrected chi connectivity index (χ1v) is 23.3. The zero-order chi connectivity index (χ0) is 37.7. The van der Waals surface area contributed by atoms with Gasteiger partial charge in [-0.05, 0) is 70.6 Å². The smallest absolute Gasteiger partial charge is 0.305 e. The first-order valence-electron chi connectivity index (χ1n) is 23.3. The van der Waals surface area contributed by atoms with Gasteiger partial charge in [0, 0.05) is 12.8 Å². The molecule has 0 fully saturated rings. The van der Waals surface area contributed by atoms with Crippen molar-refractivity contribution in [2.24, 2.45) is 0 Å². The Morgan fingerprint density at radius 1 is 0.365 bits per heavy atom. The van der Waals surface area contributed by atoms with E-state index in [0.29, 0.717) is 19.4 Å². The first-order chi connectivity index (χ1) is 25.7. The molecule has 0 saturated heterocycles. The average Bonchev–Trinajstić information content (AvgIpc) is 3.13. The number of unbranched alkanes of at least 4 members (excludes halogenated alkanes) is 34. The molecule has 0 bridgehead atoms. The first kappa shape index (κ1) is 50.4. The van der Waals surface area contributed by atoms with E-state index in [9.17, 15) is 9.59 Å². The molecule has 4 heteroatoms. The number of ether oxygens (including phenoxy) is 1. The molecule has 0 aliphatic rings. The number of esters is 1. The maximum atomic E-state index is 12.0. The Morgan fingerprint density at radius 2 is 0.635 bits per heavy atom. The Kier molecular flexibility index (Phi) is 44.2. The number of carboxylic acids is 1. The number of carbonyl (C=O) groups is 2. The van der Waals surface area contributed by atoms with Crippen molar-refractivity contribution in [3.05, 3.63) is 24.3 Å². The summed E-state index contributed by atoms with van der Waals surface area (Å²) in [4.78, 5) is 22.5. The third-order valence-corrected chi connectivity index (χ3v) is 10.6. The maximum Gasteiger partial charge on any atom is 0.305 e. The van der Waals surface area contributed by atoms with Gasteiger partial charge in [0.2, 0.25) is 0 Å². The van der Waals surface area contributed by atoms with E-state index in [1.807, 2.05) is 0 Å². The third-order valence-electron chi connectivity index (χ3n) is 10.6. The molecule has 0 aliphatic carbocycles. The number of allylic oxidation sites excluding steroid dienone is 4. The van der Waals surface area contributed by atoms with Crippen LogP contribution in [0.1, 0.15) is 264 Å². The van der Waals surface area contributed by atoms with E-state index in [-0.39, 0.29) is 5.97 Å². The normalized spacial score (nSPS) is 11.7. The van der Waals surface area contributed by atoms with Crippen LogP contribution < -0.4 is 0 Å². The molecule has 52 heavy (non-hydrogen) atoms. The molecule has 4 nitrogen and oxygen atoms in total. The van der Waals surface area contributed by atoms with Crippen molar-refractivity contribution in [2.75, 3.05) is 6.61 Å². The molecular weight excluding hydrogens is 641 g/mol. The molecular formula is C48H90O4. The van der Waals surface area contributed by atoms with Gasteiger partial charge in [0.05, 0.1) is 6.61 Å². The molecule has 0 saturated carbocycles. The molecule has 0 aromatic rings. The predicted molar refractivity (Wildman–Crippen MR) is 227 cm³/mol. The lowest BCUT2D eigenvalue weighted by Crippen LogP contribution is -2.05. The van der Waals surface area contributed by atoms with Crippen molar-refractivity contribution < 1.29 is 19.4 Å². The van der Waals surface area contributed by atoms with E-state index in [2.05, 4.69) is 31.2 Å². The van der Waals surface area contributed by atoms with Crippen LogP contribution in [-0.2, 0) is 14.3 Å². The Hall–Kier alpha value is -1.58. The average molecular weight is 731 g/mol. The van der Waals surface area contributed by atoms with Gasteiger partial charge in [-0.25, -0.2) is 0 Å². The maximum absolute atomic E-state index is 12.0. The number of hydrogen-bond acceptors (Lipinski definition) is 3. The van der Waals surface area contributed by atoms with Crippen LogP contribution in [0.15, 0.2) is 24.3 Å². The summed E-state index contributed by atoms with van der Waals surface area (Å²) in [5, 5.41) is 8.66. The van der Waals surface area contributed by atoms with E-state index in [0.717, 1.165) is 44.9 Å². The van der Waals surface area contributed by atoms with E-state index in [1.54, 1.807) is 0 Å². The minimum absolute atomic E-state index is 0.00580. The Labute approximate surface area is 325 Å². The minimum Gasteiger partial charge on any atom is -0.481 e. The van der Waals surface area contributed by atoms with Crippen LogP contribution >= 0.6 is 0 Å². The largest absolute Gasteiger partial charge is 0.481 e. The van der Waals surface area contributed by atoms with Gasteiger partial charge in [0.25, 0.3) is 0 Å². The summed E-state index contributed by atoms with van der Waals surface area (Å²) in [6, 6.07) is 0. The highest BCUT2D eigenvalue weighted by molar-refractivity contribution is 5.69. The van der Waals surface area contributed by atoms with Gasteiger partial charge in [0.15, 0.2) is 0 Å². The second kappa shape index (κ2) is 45.6. The third kappa shape index (κ3) is 46.4. The molecule has 0 rings (SSSR count). The van der Waals surface area contributed by atoms with Crippen molar-refractivity contribution >= 4 is 11.9 Å². The lowest BCUT2D eigenvalue weighted by atomic mass is 10.0.